The average molecular weight is 275 g/mol. The zero-order chi connectivity index (χ0) is 13.9. The average Bonchev–Trinajstić information content (AvgIpc) is 3.19. The zero-order valence-corrected chi connectivity index (χ0v) is 10.8. The molecule has 1 unspecified atom stereocenters. The molecular weight excluding hydrogens is 262 g/mol. The lowest BCUT2D eigenvalue weighted by Gasteiger charge is -2.00. The van der Waals surface area contributed by atoms with Gasteiger partial charge in [0.25, 0.3) is 5.89 Å². The van der Waals surface area contributed by atoms with Crippen LogP contribution in [0.2, 0.25) is 0 Å². The Morgan fingerprint density at radius 1 is 1.45 bits per heavy atom. The van der Waals surface area contributed by atoms with Crippen molar-refractivity contribution < 1.29 is 14.0 Å². The standard InChI is InChI=1S/C12H13N5O3/c1-2-9(18)8-6-17(16-14-8)7-11-13-12(20-15-11)10-4-3-5-19-10/h3-6,9,18H,2,7H2,1H3. The summed E-state index contributed by atoms with van der Waals surface area (Å²) in [5, 5.41) is 21.3. The highest BCUT2D eigenvalue weighted by molar-refractivity contribution is 5.42. The van der Waals surface area contributed by atoms with E-state index in [0.717, 1.165) is 0 Å². The van der Waals surface area contributed by atoms with Gasteiger partial charge < -0.3 is 14.0 Å². The van der Waals surface area contributed by atoms with E-state index in [1.54, 1.807) is 23.0 Å². The molecule has 20 heavy (non-hydrogen) atoms. The third-order valence-electron chi connectivity index (χ3n) is 2.79. The minimum atomic E-state index is -0.604. The fourth-order valence-electron chi connectivity index (χ4n) is 1.72. The number of aliphatic hydroxyl groups is 1. The van der Waals surface area contributed by atoms with Crippen LogP contribution in [0.25, 0.3) is 11.7 Å². The molecule has 0 bridgehead atoms. The molecule has 1 N–H and O–H groups in total. The first-order valence-corrected chi connectivity index (χ1v) is 6.21. The summed E-state index contributed by atoms with van der Waals surface area (Å²) in [6.07, 6.45) is 3.18. The topological polar surface area (TPSA) is 103 Å². The van der Waals surface area contributed by atoms with E-state index in [1.807, 2.05) is 6.92 Å². The van der Waals surface area contributed by atoms with Crippen LogP contribution in [0.5, 0.6) is 0 Å². The van der Waals surface area contributed by atoms with Gasteiger partial charge in [0.1, 0.15) is 12.2 Å². The smallest absolute Gasteiger partial charge is 0.293 e. The molecular formula is C12H13N5O3. The molecule has 3 aromatic heterocycles. The van der Waals surface area contributed by atoms with Crippen LogP contribution in [-0.4, -0.2) is 30.2 Å². The molecule has 0 saturated carbocycles. The second-order valence-corrected chi connectivity index (χ2v) is 4.26. The minimum absolute atomic E-state index is 0.313. The molecule has 8 heteroatoms. The maximum atomic E-state index is 9.66. The SMILES string of the molecule is CCC(O)c1cn(Cc2noc(-c3ccco3)n2)nn1. The Morgan fingerprint density at radius 3 is 3.10 bits per heavy atom. The Morgan fingerprint density at radius 2 is 2.35 bits per heavy atom. The number of nitrogens with zero attached hydrogens (tertiary/aromatic N) is 5. The van der Waals surface area contributed by atoms with Crippen LogP contribution in [0.3, 0.4) is 0 Å². The predicted octanol–water partition coefficient (Wildman–Crippen LogP) is 1.41. The van der Waals surface area contributed by atoms with Crippen molar-refractivity contribution in [2.75, 3.05) is 0 Å². The molecule has 8 nitrogen and oxygen atoms in total. The first kappa shape index (κ1) is 12.5. The number of rotatable bonds is 5. The highest BCUT2D eigenvalue weighted by atomic mass is 16.5. The van der Waals surface area contributed by atoms with E-state index < -0.39 is 6.10 Å². The minimum Gasteiger partial charge on any atom is -0.459 e. The summed E-state index contributed by atoms with van der Waals surface area (Å²) >= 11 is 0. The Hall–Kier alpha value is -2.48. The van der Waals surface area contributed by atoms with Gasteiger partial charge in [0.2, 0.25) is 0 Å². The van der Waals surface area contributed by atoms with Crippen molar-refractivity contribution in [3.63, 3.8) is 0 Å². The van der Waals surface area contributed by atoms with Gasteiger partial charge in [-0.15, -0.1) is 5.10 Å². The lowest BCUT2D eigenvalue weighted by Crippen LogP contribution is -2.02. The van der Waals surface area contributed by atoms with Gasteiger partial charge in [-0.3, -0.25) is 0 Å². The van der Waals surface area contributed by atoms with E-state index in [-0.39, 0.29) is 0 Å². The molecule has 0 aliphatic heterocycles. The van der Waals surface area contributed by atoms with Crippen molar-refractivity contribution >= 4 is 0 Å². The fraction of sp³-hybridized carbons (Fsp3) is 0.333. The second kappa shape index (κ2) is 5.25. The highest BCUT2D eigenvalue weighted by Crippen LogP contribution is 2.17. The van der Waals surface area contributed by atoms with E-state index in [1.165, 1.54) is 6.26 Å². The third kappa shape index (κ3) is 2.45. The fourth-order valence-corrected chi connectivity index (χ4v) is 1.72. The van der Waals surface area contributed by atoms with Crippen LogP contribution in [0.4, 0.5) is 0 Å². The summed E-state index contributed by atoms with van der Waals surface area (Å²) in [5.74, 6) is 1.29. The summed E-state index contributed by atoms with van der Waals surface area (Å²) in [6, 6.07) is 3.48. The van der Waals surface area contributed by atoms with E-state index >= 15 is 0 Å². The van der Waals surface area contributed by atoms with Gasteiger partial charge in [-0.25, -0.2) is 4.68 Å². The molecule has 0 aromatic carbocycles. The van der Waals surface area contributed by atoms with Crippen LogP contribution < -0.4 is 0 Å². The van der Waals surface area contributed by atoms with Gasteiger partial charge in [-0.1, -0.05) is 17.3 Å². The summed E-state index contributed by atoms with van der Waals surface area (Å²) in [5.41, 5.74) is 0.530. The van der Waals surface area contributed by atoms with Gasteiger partial charge in [0, 0.05) is 0 Å². The second-order valence-electron chi connectivity index (χ2n) is 4.26. The first-order chi connectivity index (χ1) is 9.76. The number of aliphatic hydroxyl groups excluding tert-OH is 1. The summed E-state index contributed by atoms with van der Waals surface area (Å²) in [7, 11) is 0. The lowest BCUT2D eigenvalue weighted by atomic mass is 10.2. The number of hydrogen-bond donors (Lipinski definition) is 1. The Kier molecular flexibility index (Phi) is 3.30. The summed E-state index contributed by atoms with van der Waals surface area (Å²) in [6.45, 7) is 2.19. The number of aromatic nitrogens is 5. The van der Waals surface area contributed by atoms with E-state index in [0.29, 0.717) is 36.1 Å². The van der Waals surface area contributed by atoms with E-state index in [9.17, 15) is 5.11 Å². The monoisotopic (exact) mass is 275 g/mol. The molecule has 3 heterocycles. The van der Waals surface area contributed by atoms with Crippen molar-refractivity contribution in [3.05, 3.63) is 36.1 Å². The highest BCUT2D eigenvalue weighted by Gasteiger charge is 2.14. The predicted molar refractivity (Wildman–Crippen MR) is 66.4 cm³/mol. The normalized spacial score (nSPS) is 12.7. The zero-order valence-electron chi connectivity index (χ0n) is 10.8. The van der Waals surface area contributed by atoms with Gasteiger partial charge in [-0.2, -0.15) is 4.98 Å². The van der Waals surface area contributed by atoms with Gasteiger partial charge >= 0.3 is 0 Å². The molecule has 0 aliphatic carbocycles. The Labute approximate surface area is 114 Å². The van der Waals surface area contributed by atoms with Crippen LogP contribution in [0.15, 0.2) is 33.5 Å². The molecule has 0 fully saturated rings. The van der Waals surface area contributed by atoms with E-state index in [4.69, 9.17) is 8.94 Å². The van der Waals surface area contributed by atoms with Crippen molar-refractivity contribution in [2.45, 2.75) is 26.0 Å². The molecule has 3 aromatic rings. The lowest BCUT2D eigenvalue weighted by molar-refractivity contribution is 0.168. The molecule has 3 rings (SSSR count). The molecule has 1 atom stereocenters. The number of hydrogen-bond acceptors (Lipinski definition) is 7. The molecule has 104 valence electrons. The Balaban J connectivity index is 1.73. The van der Waals surface area contributed by atoms with Gasteiger partial charge in [0.05, 0.1) is 18.6 Å². The van der Waals surface area contributed by atoms with Crippen LogP contribution in [0.1, 0.15) is 31.0 Å². The van der Waals surface area contributed by atoms with Crippen molar-refractivity contribution in [2.24, 2.45) is 0 Å². The molecule has 0 aliphatic rings. The maximum absolute atomic E-state index is 9.66. The van der Waals surface area contributed by atoms with Crippen LogP contribution >= 0.6 is 0 Å². The Bertz CT molecular complexity index is 673. The third-order valence-corrected chi connectivity index (χ3v) is 2.79. The quantitative estimate of drug-likeness (QED) is 0.750. The van der Waals surface area contributed by atoms with Crippen molar-refractivity contribution in [1.82, 2.24) is 25.1 Å². The largest absolute Gasteiger partial charge is 0.459 e. The van der Waals surface area contributed by atoms with Crippen LogP contribution in [-0.2, 0) is 6.54 Å². The van der Waals surface area contributed by atoms with Gasteiger partial charge in [-0.05, 0) is 18.6 Å². The summed E-state index contributed by atoms with van der Waals surface area (Å²) < 4.78 is 11.8. The molecule has 0 spiro atoms. The van der Waals surface area contributed by atoms with Crippen molar-refractivity contribution in [1.29, 1.82) is 0 Å². The maximum Gasteiger partial charge on any atom is 0.293 e. The molecule has 0 amide bonds. The van der Waals surface area contributed by atoms with Crippen molar-refractivity contribution in [3.8, 4) is 11.7 Å². The number of furan rings is 1. The van der Waals surface area contributed by atoms with E-state index in [2.05, 4.69) is 20.5 Å². The summed E-state index contributed by atoms with van der Waals surface area (Å²) in [4.78, 5) is 4.20. The molecule has 0 radical (unpaired) electrons. The molecule has 0 saturated heterocycles. The van der Waals surface area contributed by atoms with Gasteiger partial charge in [0.15, 0.2) is 11.6 Å². The van der Waals surface area contributed by atoms with Crippen LogP contribution in [0, 0.1) is 0 Å². The first-order valence-electron chi connectivity index (χ1n) is 6.21.